The molecule has 164 valence electrons. The highest BCUT2D eigenvalue weighted by Gasteiger charge is 2.34. The first kappa shape index (κ1) is 23.6. The van der Waals surface area contributed by atoms with E-state index in [4.69, 9.17) is 10.5 Å². The molecule has 0 spiro atoms. The summed E-state index contributed by atoms with van der Waals surface area (Å²) in [6.45, 7) is 6.24. The zero-order chi connectivity index (χ0) is 22.3. The van der Waals surface area contributed by atoms with Crippen LogP contribution in [0.15, 0.2) is 47.6 Å². The average Bonchev–Trinajstić information content (AvgIpc) is 2.71. The Balaban J connectivity index is 2.16. The monoisotopic (exact) mass is 434 g/mol. The Labute approximate surface area is 178 Å². The van der Waals surface area contributed by atoms with Gasteiger partial charge in [-0.2, -0.15) is 4.31 Å². The van der Waals surface area contributed by atoms with Crippen LogP contribution < -0.4 is 11.1 Å². The fourth-order valence-electron chi connectivity index (χ4n) is 2.96. The number of anilines is 2. The number of hydrogen-bond acceptors (Lipinski definition) is 7. The molecule has 2 rings (SSSR count). The molecule has 1 atom stereocenters. The number of carbonyl (C=O) groups excluding carboxylic acids is 1. The summed E-state index contributed by atoms with van der Waals surface area (Å²) in [4.78, 5) is 16.4. The lowest BCUT2D eigenvalue weighted by molar-refractivity contribution is -0.147. The maximum absolute atomic E-state index is 13.1. The molecular formula is C21H30N4O4S. The van der Waals surface area contributed by atoms with Gasteiger partial charge in [0.15, 0.2) is 0 Å². The Morgan fingerprint density at radius 3 is 2.47 bits per heavy atom. The Bertz CT molecular complexity index is 946. The Morgan fingerprint density at radius 2 is 1.90 bits per heavy atom. The topological polar surface area (TPSA) is 115 Å². The molecule has 0 unspecified atom stereocenters. The molecule has 0 saturated carbocycles. The number of likely N-dealkylation sites (N-methyl/N-ethyl adjacent to an activating group) is 1. The Morgan fingerprint density at radius 1 is 1.23 bits per heavy atom. The number of ether oxygens (including phenoxy) is 1. The van der Waals surface area contributed by atoms with Gasteiger partial charge in [0.25, 0.3) is 0 Å². The van der Waals surface area contributed by atoms with Gasteiger partial charge in [0.1, 0.15) is 6.04 Å². The second-order valence-corrected chi connectivity index (χ2v) is 9.38. The molecule has 8 nitrogen and oxygen atoms in total. The van der Waals surface area contributed by atoms with Crippen LogP contribution in [0.5, 0.6) is 0 Å². The largest absolute Gasteiger partial charge is 0.465 e. The van der Waals surface area contributed by atoms with Crippen LogP contribution >= 0.6 is 0 Å². The van der Waals surface area contributed by atoms with Crippen LogP contribution in [0.2, 0.25) is 0 Å². The predicted molar refractivity (Wildman–Crippen MR) is 117 cm³/mol. The molecule has 2 aromatic rings. The highest BCUT2D eigenvalue weighted by molar-refractivity contribution is 7.89. The molecule has 3 N–H and O–H groups in total. The fourth-order valence-corrected chi connectivity index (χ4v) is 4.28. The minimum absolute atomic E-state index is 0.121. The first-order valence-electron chi connectivity index (χ1n) is 9.83. The molecule has 0 radical (unpaired) electrons. The summed E-state index contributed by atoms with van der Waals surface area (Å²) in [6.07, 6.45) is 3.58. The number of hydrogen-bond donors (Lipinski definition) is 2. The molecule has 0 saturated heterocycles. The van der Waals surface area contributed by atoms with Crippen LogP contribution in [0.1, 0.15) is 32.8 Å². The van der Waals surface area contributed by atoms with Gasteiger partial charge >= 0.3 is 5.97 Å². The van der Waals surface area contributed by atoms with Crippen molar-refractivity contribution < 1.29 is 17.9 Å². The number of nitrogens with two attached hydrogens (primary N) is 1. The first-order chi connectivity index (χ1) is 14.2. The molecule has 0 aliphatic rings. The Hall–Kier alpha value is -2.65. The van der Waals surface area contributed by atoms with E-state index in [1.165, 1.54) is 19.2 Å². The fraction of sp³-hybridized carbons (Fsp3) is 0.429. The third-order valence-corrected chi connectivity index (χ3v) is 6.51. The van der Waals surface area contributed by atoms with Gasteiger partial charge in [-0.1, -0.05) is 26.0 Å². The van der Waals surface area contributed by atoms with E-state index in [1.807, 2.05) is 13.8 Å². The standard InChI is InChI=1S/C21H30N4O4S/c1-5-29-21(26)20(12-15(2)3)25(4)30(27,28)17-8-6-16(7-9-17)13-24-19-10-11-23-14-18(19)22/h6-11,14-15,20H,5,12-13,22H2,1-4H3,(H,23,24)/t20-/m1/s1. The summed E-state index contributed by atoms with van der Waals surface area (Å²) in [6, 6.07) is 7.44. The van der Waals surface area contributed by atoms with Crippen molar-refractivity contribution >= 4 is 27.4 Å². The maximum Gasteiger partial charge on any atom is 0.324 e. The molecule has 0 bridgehead atoms. The van der Waals surface area contributed by atoms with Crippen LogP contribution in [0.4, 0.5) is 11.4 Å². The lowest BCUT2D eigenvalue weighted by Crippen LogP contribution is -2.44. The zero-order valence-electron chi connectivity index (χ0n) is 17.8. The molecule has 30 heavy (non-hydrogen) atoms. The third kappa shape index (κ3) is 5.93. The highest BCUT2D eigenvalue weighted by atomic mass is 32.2. The minimum Gasteiger partial charge on any atom is -0.465 e. The first-order valence-corrected chi connectivity index (χ1v) is 11.3. The van der Waals surface area contributed by atoms with E-state index in [2.05, 4.69) is 10.3 Å². The van der Waals surface area contributed by atoms with Gasteiger partial charge in [0.2, 0.25) is 10.0 Å². The molecule has 0 aliphatic heterocycles. The van der Waals surface area contributed by atoms with Gasteiger partial charge in [0.05, 0.1) is 29.1 Å². The van der Waals surface area contributed by atoms with Crippen molar-refractivity contribution in [3.8, 4) is 0 Å². The van der Waals surface area contributed by atoms with E-state index in [1.54, 1.807) is 37.5 Å². The van der Waals surface area contributed by atoms with E-state index >= 15 is 0 Å². The second kappa shape index (κ2) is 10.4. The molecule has 9 heteroatoms. The van der Waals surface area contributed by atoms with Crippen molar-refractivity contribution in [3.05, 3.63) is 48.3 Å². The van der Waals surface area contributed by atoms with Crippen LogP contribution in [0, 0.1) is 5.92 Å². The number of sulfonamides is 1. The summed E-state index contributed by atoms with van der Waals surface area (Å²) in [5, 5.41) is 3.19. The molecular weight excluding hydrogens is 404 g/mol. The SMILES string of the molecule is CCOC(=O)[C@@H](CC(C)C)N(C)S(=O)(=O)c1ccc(CNc2ccncc2N)cc1. The van der Waals surface area contributed by atoms with Gasteiger partial charge in [-0.3, -0.25) is 9.78 Å². The van der Waals surface area contributed by atoms with E-state index in [-0.39, 0.29) is 17.4 Å². The smallest absolute Gasteiger partial charge is 0.324 e. The van der Waals surface area contributed by atoms with E-state index in [9.17, 15) is 13.2 Å². The summed E-state index contributed by atoms with van der Waals surface area (Å²) in [7, 11) is -2.44. The molecule has 1 heterocycles. The molecule has 0 aliphatic carbocycles. The summed E-state index contributed by atoms with van der Waals surface area (Å²) < 4.78 is 32.4. The van der Waals surface area contributed by atoms with Crippen molar-refractivity contribution in [2.75, 3.05) is 24.7 Å². The number of nitrogens with zero attached hydrogens (tertiary/aromatic N) is 2. The Kier molecular flexibility index (Phi) is 8.19. The lowest BCUT2D eigenvalue weighted by atomic mass is 10.0. The van der Waals surface area contributed by atoms with E-state index in [0.717, 1.165) is 15.6 Å². The average molecular weight is 435 g/mol. The number of aromatic nitrogens is 1. The van der Waals surface area contributed by atoms with Gasteiger partial charge in [-0.15, -0.1) is 0 Å². The summed E-state index contributed by atoms with van der Waals surface area (Å²) >= 11 is 0. The van der Waals surface area contributed by atoms with Crippen LogP contribution in [0.3, 0.4) is 0 Å². The number of nitrogen functional groups attached to an aromatic ring is 1. The van der Waals surface area contributed by atoms with Crippen LogP contribution in [-0.2, 0) is 26.1 Å². The number of benzene rings is 1. The normalized spacial score (nSPS) is 12.7. The van der Waals surface area contributed by atoms with Gasteiger partial charge in [-0.05, 0) is 43.0 Å². The molecule has 0 amide bonds. The van der Waals surface area contributed by atoms with Crippen molar-refractivity contribution in [2.45, 2.75) is 44.7 Å². The highest BCUT2D eigenvalue weighted by Crippen LogP contribution is 2.22. The third-order valence-electron chi connectivity index (χ3n) is 4.63. The maximum atomic E-state index is 13.1. The molecule has 0 fully saturated rings. The lowest BCUT2D eigenvalue weighted by Gasteiger charge is -2.27. The van der Waals surface area contributed by atoms with E-state index < -0.39 is 22.0 Å². The number of esters is 1. The van der Waals surface area contributed by atoms with Crippen molar-refractivity contribution in [2.24, 2.45) is 5.92 Å². The zero-order valence-corrected chi connectivity index (χ0v) is 18.6. The number of carbonyl (C=O) groups is 1. The number of pyridine rings is 1. The van der Waals surface area contributed by atoms with Gasteiger partial charge in [-0.25, -0.2) is 8.42 Å². The van der Waals surface area contributed by atoms with Crippen molar-refractivity contribution in [1.82, 2.24) is 9.29 Å². The quantitative estimate of drug-likeness (QED) is 0.553. The summed E-state index contributed by atoms with van der Waals surface area (Å²) in [5.41, 5.74) is 8.04. The number of nitrogens with one attached hydrogen (secondary N) is 1. The van der Waals surface area contributed by atoms with Crippen molar-refractivity contribution in [1.29, 1.82) is 0 Å². The van der Waals surface area contributed by atoms with Crippen LogP contribution in [0.25, 0.3) is 0 Å². The van der Waals surface area contributed by atoms with Crippen molar-refractivity contribution in [3.63, 3.8) is 0 Å². The molecule has 1 aromatic carbocycles. The second-order valence-electron chi connectivity index (χ2n) is 7.38. The summed E-state index contributed by atoms with van der Waals surface area (Å²) in [5.74, 6) is -0.404. The van der Waals surface area contributed by atoms with Crippen LogP contribution in [-0.4, -0.2) is 43.4 Å². The minimum atomic E-state index is -3.85. The molecule has 1 aromatic heterocycles. The van der Waals surface area contributed by atoms with E-state index in [0.29, 0.717) is 18.7 Å². The predicted octanol–water partition coefficient (Wildman–Crippen LogP) is 2.87. The van der Waals surface area contributed by atoms with Gasteiger partial charge < -0.3 is 15.8 Å². The van der Waals surface area contributed by atoms with Gasteiger partial charge in [0, 0.05) is 19.8 Å². The number of rotatable bonds is 10.